The highest BCUT2D eigenvalue weighted by molar-refractivity contribution is 5.68. The van der Waals surface area contributed by atoms with Crippen molar-refractivity contribution in [3.63, 3.8) is 0 Å². The summed E-state index contributed by atoms with van der Waals surface area (Å²) >= 11 is 0. The number of anilines is 2. The quantitative estimate of drug-likeness (QED) is 0.401. The van der Waals surface area contributed by atoms with Crippen molar-refractivity contribution in [2.24, 2.45) is 0 Å². The highest BCUT2D eigenvalue weighted by atomic mass is 16.8. The maximum absolute atomic E-state index is 11.3. The SMILES string of the molecule is COc1cc([N+](=O)[O-])ccc1N1OCCOCCOCCOCCON1c1ccc([N+](=O)[O-])cc1OC. The van der Waals surface area contributed by atoms with Crippen molar-refractivity contribution in [1.29, 1.82) is 0 Å². The summed E-state index contributed by atoms with van der Waals surface area (Å²) < 4.78 is 27.3. The lowest BCUT2D eigenvalue weighted by Crippen LogP contribution is -2.45. The predicted octanol–water partition coefficient (Wildman–Crippen LogP) is 2.67. The minimum absolute atomic E-state index is 0.0335. The fraction of sp³-hybridized carbons (Fsp3) is 0.455. The van der Waals surface area contributed by atoms with Gasteiger partial charge >= 0.3 is 0 Å². The topological polar surface area (TPSA) is 157 Å². The zero-order valence-corrected chi connectivity index (χ0v) is 20.4. The van der Waals surface area contributed by atoms with Crippen LogP contribution in [-0.4, -0.2) is 76.9 Å². The Labute approximate surface area is 212 Å². The van der Waals surface area contributed by atoms with Crippen LogP contribution < -0.4 is 19.8 Å². The van der Waals surface area contributed by atoms with E-state index in [4.69, 9.17) is 33.4 Å². The van der Waals surface area contributed by atoms with Crippen LogP contribution in [0.3, 0.4) is 0 Å². The van der Waals surface area contributed by atoms with E-state index >= 15 is 0 Å². The largest absolute Gasteiger partial charge is 0.494 e. The van der Waals surface area contributed by atoms with Gasteiger partial charge in [-0.3, -0.25) is 20.2 Å². The monoisotopic (exact) mass is 524 g/mol. The first-order valence-electron chi connectivity index (χ1n) is 11.2. The van der Waals surface area contributed by atoms with E-state index < -0.39 is 9.85 Å². The van der Waals surface area contributed by atoms with Crippen LogP contribution in [-0.2, 0) is 23.9 Å². The van der Waals surface area contributed by atoms with Crippen LogP contribution in [0.5, 0.6) is 11.5 Å². The predicted molar refractivity (Wildman–Crippen MR) is 129 cm³/mol. The number of nitrogens with zero attached hydrogens (tertiary/aromatic N) is 4. The third kappa shape index (κ3) is 7.61. The maximum Gasteiger partial charge on any atom is 0.273 e. The van der Waals surface area contributed by atoms with Gasteiger partial charge in [-0.25, -0.2) is 9.68 Å². The van der Waals surface area contributed by atoms with Crippen molar-refractivity contribution in [1.82, 2.24) is 0 Å². The van der Waals surface area contributed by atoms with Crippen LogP contribution in [0.4, 0.5) is 22.7 Å². The summed E-state index contributed by atoms with van der Waals surface area (Å²) in [6, 6.07) is 7.86. The van der Waals surface area contributed by atoms with Gasteiger partial charge in [-0.2, -0.15) is 0 Å². The number of non-ortho nitro benzene ring substituents is 2. The normalized spacial score (nSPS) is 16.4. The minimum Gasteiger partial charge on any atom is -0.494 e. The van der Waals surface area contributed by atoms with Crippen molar-refractivity contribution >= 4 is 22.7 Å². The van der Waals surface area contributed by atoms with Crippen LogP contribution in [0, 0.1) is 20.2 Å². The van der Waals surface area contributed by atoms with Crippen molar-refractivity contribution in [2.75, 3.05) is 77.4 Å². The number of methoxy groups -OCH3 is 2. The molecule has 1 saturated heterocycles. The lowest BCUT2D eigenvalue weighted by Gasteiger charge is -2.36. The highest BCUT2D eigenvalue weighted by Crippen LogP contribution is 2.38. The molecule has 0 aromatic heterocycles. The van der Waals surface area contributed by atoms with Crippen molar-refractivity contribution in [3.05, 3.63) is 56.6 Å². The van der Waals surface area contributed by atoms with E-state index in [2.05, 4.69) is 0 Å². The van der Waals surface area contributed by atoms with Gasteiger partial charge in [-0.1, -0.05) is 0 Å². The molecule has 2 aromatic rings. The Hall–Kier alpha value is -3.76. The average molecular weight is 524 g/mol. The molecule has 0 N–H and O–H groups in total. The molecular formula is C22H28N4O11. The van der Waals surface area contributed by atoms with Gasteiger partial charge in [0.25, 0.3) is 11.4 Å². The van der Waals surface area contributed by atoms with Crippen LogP contribution in [0.15, 0.2) is 36.4 Å². The molecule has 0 atom stereocenters. The van der Waals surface area contributed by atoms with E-state index in [0.29, 0.717) is 26.4 Å². The van der Waals surface area contributed by atoms with Gasteiger partial charge in [0.05, 0.1) is 75.8 Å². The molecule has 15 heteroatoms. The Morgan fingerprint density at radius 1 is 0.649 bits per heavy atom. The first-order valence-corrected chi connectivity index (χ1v) is 11.2. The summed E-state index contributed by atoms with van der Waals surface area (Å²) in [6.07, 6.45) is 0. The molecule has 0 amide bonds. The zero-order valence-electron chi connectivity index (χ0n) is 20.4. The number of rotatable bonds is 6. The summed E-state index contributed by atoms with van der Waals surface area (Å²) in [5.74, 6) is 0.208. The van der Waals surface area contributed by atoms with Crippen LogP contribution in [0.1, 0.15) is 0 Å². The molecule has 0 saturated carbocycles. The van der Waals surface area contributed by atoms with Crippen molar-refractivity contribution in [2.45, 2.75) is 0 Å². The fourth-order valence-corrected chi connectivity index (χ4v) is 3.22. The molecule has 15 nitrogen and oxygen atoms in total. The second-order valence-electron chi connectivity index (χ2n) is 7.28. The summed E-state index contributed by atoms with van der Waals surface area (Å²) in [7, 11) is 2.70. The molecule has 0 bridgehead atoms. The second-order valence-corrected chi connectivity index (χ2v) is 7.28. The van der Waals surface area contributed by atoms with E-state index in [0.717, 1.165) is 0 Å². The smallest absolute Gasteiger partial charge is 0.273 e. The van der Waals surface area contributed by atoms with E-state index in [9.17, 15) is 20.2 Å². The molecule has 0 radical (unpaired) electrons. The molecule has 3 rings (SSSR count). The van der Waals surface area contributed by atoms with Gasteiger partial charge in [-0.15, -0.1) is 10.3 Å². The van der Waals surface area contributed by atoms with Gasteiger partial charge in [-0.05, 0) is 12.1 Å². The Bertz CT molecular complexity index is 974. The number of benzene rings is 2. The molecule has 202 valence electrons. The third-order valence-corrected chi connectivity index (χ3v) is 4.95. The van der Waals surface area contributed by atoms with E-state index in [-0.39, 0.29) is 60.7 Å². The number of hydrogen-bond acceptors (Lipinski definition) is 13. The number of nitro groups is 2. The summed E-state index contributed by atoms with van der Waals surface area (Å²) in [6.45, 7) is 1.85. The Kier molecular flexibility index (Phi) is 10.6. The van der Waals surface area contributed by atoms with Gasteiger partial charge in [0.1, 0.15) is 24.6 Å². The van der Waals surface area contributed by atoms with Gasteiger partial charge in [0.15, 0.2) is 11.5 Å². The van der Waals surface area contributed by atoms with Gasteiger partial charge in [0, 0.05) is 12.1 Å². The second kappa shape index (κ2) is 14.1. The van der Waals surface area contributed by atoms with E-state index in [1.165, 1.54) is 61.0 Å². The fourth-order valence-electron chi connectivity index (χ4n) is 3.22. The van der Waals surface area contributed by atoms with Gasteiger partial charge < -0.3 is 23.7 Å². The molecule has 1 aliphatic rings. The minimum atomic E-state index is -0.556. The van der Waals surface area contributed by atoms with Gasteiger partial charge in [0.2, 0.25) is 0 Å². The first-order chi connectivity index (χ1) is 18.0. The molecule has 0 spiro atoms. The molecule has 1 fully saturated rings. The Morgan fingerprint density at radius 2 is 1.00 bits per heavy atom. The van der Waals surface area contributed by atoms with Crippen LogP contribution >= 0.6 is 0 Å². The Balaban J connectivity index is 2.07. The summed E-state index contributed by atoms with van der Waals surface area (Å²) in [5, 5.41) is 25.0. The number of nitro benzene ring substituents is 2. The molecule has 0 unspecified atom stereocenters. The van der Waals surface area contributed by atoms with E-state index in [1.54, 1.807) is 0 Å². The lowest BCUT2D eigenvalue weighted by atomic mass is 10.2. The molecule has 1 aliphatic heterocycles. The Morgan fingerprint density at radius 3 is 1.32 bits per heavy atom. The van der Waals surface area contributed by atoms with Crippen LogP contribution in [0.25, 0.3) is 0 Å². The van der Waals surface area contributed by atoms with Crippen LogP contribution in [0.2, 0.25) is 0 Å². The standard InChI is InChI=1S/C22H28N4O11/c1-31-21-15-17(25(27)28)3-5-19(21)23-24(20-6-4-18(26(29)30)16-22(20)32-2)37-14-12-35-10-8-33-7-9-34-11-13-36-23/h3-6,15-16H,7-14H2,1-2H3. The van der Waals surface area contributed by atoms with Crippen molar-refractivity contribution in [3.8, 4) is 11.5 Å². The lowest BCUT2D eigenvalue weighted by molar-refractivity contribution is -0.385. The maximum atomic E-state index is 11.3. The molecule has 2 aromatic carbocycles. The zero-order chi connectivity index (χ0) is 26.6. The summed E-state index contributed by atoms with van der Waals surface area (Å²) in [4.78, 5) is 33.5. The number of hydrogen-bond donors (Lipinski definition) is 0. The molecule has 37 heavy (non-hydrogen) atoms. The molecule has 0 aliphatic carbocycles. The molecular weight excluding hydrogens is 496 g/mol. The molecule has 1 heterocycles. The third-order valence-electron chi connectivity index (χ3n) is 4.95. The number of hydrazine groups is 1. The van der Waals surface area contributed by atoms with Crippen molar-refractivity contribution < 1.29 is 43.2 Å². The summed E-state index contributed by atoms with van der Waals surface area (Å²) in [5.41, 5.74) is 0.0799. The average Bonchev–Trinajstić information content (AvgIpc) is 2.91. The first kappa shape index (κ1) is 27.8. The highest BCUT2D eigenvalue weighted by Gasteiger charge is 2.28. The number of ether oxygens (including phenoxy) is 5. The van der Waals surface area contributed by atoms with E-state index in [1.807, 2.05) is 0 Å².